The molecule has 1 fully saturated rings. The molecule has 2 rings (SSSR count). The maximum Gasteiger partial charge on any atom is 0.0627 e. The number of hydrogen-bond acceptors (Lipinski definition) is 2. The highest BCUT2D eigenvalue weighted by Crippen LogP contribution is 2.49. The van der Waals surface area contributed by atoms with E-state index in [0.29, 0.717) is 18.1 Å². The molecule has 96 valence electrons. The van der Waals surface area contributed by atoms with Crippen LogP contribution in [0.5, 0.6) is 0 Å². The predicted octanol–water partition coefficient (Wildman–Crippen LogP) is 3.61. The minimum atomic E-state index is -0.964. The molecule has 1 unspecified atom stereocenters. The van der Waals surface area contributed by atoms with Crippen molar-refractivity contribution in [2.75, 3.05) is 5.75 Å². The molecular formula is C15H19NOS. The van der Waals surface area contributed by atoms with E-state index < -0.39 is 10.8 Å². The van der Waals surface area contributed by atoms with Crippen LogP contribution in [-0.4, -0.2) is 9.96 Å². The van der Waals surface area contributed by atoms with Crippen LogP contribution in [0, 0.1) is 16.7 Å². The van der Waals surface area contributed by atoms with Gasteiger partial charge in [0.05, 0.1) is 16.9 Å². The van der Waals surface area contributed by atoms with E-state index in [1.807, 2.05) is 12.1 Å². The molecule has 0 bridgehead atoms. The van der Waals surface area contributed by atoms with Gasteiger partial charge in [-0.2, -0.15) is 5.26 Å². The largest absolute Gasteiger partial charge is 0.254 e. The second kappa shape index (κ2) is 5.24. The van der Waals surface area contributed by atoms with Crippen molar-refractivity contribution in [2.45, 2.75) is 43.9 Å². The second-order valence-corrected chi connectivity index (χ2v) is 7.00. The Balaban J connectivity index is 2.04. The molecule has 1 aromatic carbocycles. The van der Waals surface area contributed by atoms with Gasteiger partial charge < -0.3 is 0 Å². The highest BCUT2D eigenvalue weighted by Gasteiger charge is 2.43. The van der Waals surface area contributed by atoms with Gasteiger partial charge in [-0.25, -0.2) is 0 Å². The third-order valence-corrected chi connectivity index (χ3v) is 5.33. The second-order valence-electron chi connectivity index (χ2n) is 5.55. The van der Waals surface area contributed by atoms with E-state index in [9.17, 15) is 4.21 Å². The van der Waals surface area contributed by atoms with E-state index in [2.05, 4.69) is 32.0 Å². The molecule has 2 nitrogen and oxygen atoms in total. The molecule has 0 N–H and O–H groups in total. The summed E-state index contributed by atoms with van der Waals surface area (Å²) < 4.78 is 12.3. The summed E-state index contributed by atoms with van der Waals surface area (Å²) in [5, 5.41) is 8.77. The van der Waals surface area contributed by atoms with Crippen molar-refractivity contribution in [1.82, 2.24) is 0 Å². The van der Waals surface area contributed by atoms with Crippen LogP contribution in [0.15, 0.2) is 29.2 Å². The smallest absolute Gasteiger partial charge is 0.0627 e. The first kappa shape index (κ1) is 13.3. The Bertz CT molecular complexity index is 480. The Morgan fingerprint density at radius 1 is 1.33 bits per heavy atom. The Morgan fingerprint density at radius 3 is 2.39 bits per heavy atom. The van der Waals surface area contributed by atoms with Crippen LogP contribution in [0.3, 0.4) is 0 Å². The standard InChI is InChI=1S/C15H19NOS/c1-12(2)13-3-5-14(6-4-13)18(17)11-15(7-8-15)9-10-16/h3-6,12H,7-9,11H2,1-2H3. The lowest BCUT2D eigenvalue weighted by molar-refractivity contribution is 0.587. The molecule has 0 spiro atoms. The van der Waals surface area contributed by atoms with E-state index in [0.717, 1.165) is 17.7 Å². The summed E-state index contributed by atoms with van der Waals surface area (Å²) in [6.07, 6.45) is 2.65. The number of nitrogens with zero attached hydrogens (tertiary/aromatic N) is 1. The summed E-state index contributed by atoms with van der Waals surface area (Å²) in [7, 11) is -0.964. The van der Waals surface area contributed by atoms with Crippen molar-refractivity contribution < 1.29 is 4.21 Å². The lowest BCUT2D eigenvalue weighted by atomic mass is 10.0. The summed E-state index contributed by atoms with van der Waals surface area (Å²) in [6, 6.07) is 10.3. The minimum Gasteiger partial charge on any atom is -0.254 e. The first-order chi connectivity index (χ1) is 8.56. The van der Waals surface area contributed by atoms with Crippen LogP contribution in [0.2, 0.25) is 0 Å². The Hall–Kier alpha value is -1.14. The fourth-order valence-electron chi connectivity index (χ4n) is 2.08. The van der Waals surface area contributed by atoms with Gasteiger partial charge in [-0.1, -0.05) is 26.0 Å². The van der Waals surface area contributed by atoms with Crippen LogP contribution in [-0.2, 0) is 10.8 Å². The molecule has 0 saturated heterocycles. The molecule has 0 amide bonds. The average Bonchev–Trinajstić information content (AvgIpc) is 3.09. The zero-order chi connectivity index (χ0) is 13.2. The van der Waals surface area contributed by atoms with Gasteiger partial charge in [0.15, 0.2) is 0 Å². The van der Waals surface area contributed by atoms with Gasteiger partial charge in [0.2, 0.25) is 0 Å². The molecule has 1 aliphatic rings. The fourth-order valence-corrected chi connectivity index (χ4v) is 3.64. The summed E-state index contributed by atoms with van der Waals surface area (Å²) in [5.74, 6) is 1.14. The third kappa shape index (κ3) is 3.00. The van der Waals surface area contributed by atoms with Gasteiger partial charge >= 0.3 is 0 Å². The number of rotatable bonds is 5. The van der Waals surface area contributed by atoms with Gasteiger partial charge in [0, 0.05) is 17.1 Å². The Morgan fingerprint density at radius 2 is 1.94 bits per heavy atom. The van der Waals surface area contributed by atoms with Crippen molar-refractivity contribution in [1.29, 1.82) is 5.26 Å². The monoisotopic (exact) mass is 261 g/mol. The topological polar surface area (TPSA) is 40.9 Å². The Labute approximate surface area is 111 Å². The minimum absolute atomic E-state index is 0.0519. The number of nitriles is 1. The molecule has 0 aromatic heterocycles. The van der Waals surface area contributed by atoms with Crippen LogP contribution in [0.1, 0.15) is 44.6 Å². The highest BCUT2D eigenvalue weighted by atomic mass is 32.2. The summed E-state index contributed by atoms with van der Waals surface area (Å²) in [6.45, 7) is 4.30. The number of benzene rings is 1. The molecule has 1 aromatic rings. The lowest BCUT2D eigenvalue weighted by Crippen LogP contribution is -2.11. The van der Waals surface area contributed by atoms with Crippen molar-refractivity contribution in [3.8, 4) is 6.07 Å². The van der Waals surface area contributed by atoms with E-state index in [4.69, 9.17) is 5.26 Å². The summed E-state index contributed by atoms with van der Waals surface area (Å²) in [4.78, 5) is 0.892. The van der Waals surface area contributed by atoms with Crippen LogP contribution in [0.4, 0.5) is 0 Å². The van der Waals surface area contributed by atoms with Gasteiger partial charge in [-0.3, -0.25) is 4.21 Å². The SMILES string of the molecule is CC(C)c1ccc(S(=O)CC2(CC#N)CC2)cc1. The molecule has 0 aliphatic heterocycles. The molecule has 18 heavy (non-hydrogen) atoms. The van der Waals surface area contributed by atoms with Crippen molar-refractivity contribution in [3.63, 3.8) is 0 Å². The summed E-state index contributed by atoms with van der Waals surface area (Å²) >= 11 is 0. The molecule has 1 aliphatic carbocycles. The van der Waals surface area contributed by atoms with Gasteiger partial charge in [0.25, 0.3) is 0 Å². The van der Waals surface area contributed by atoms with Crippen LogP contribution in [0.25, 0.3) is 0 Å². The molecule has 3 heteroatoms. The summed E-state index contributed by atoms with van der Waals surface area (Å²) in [5.41, 5.74) is 1.32. The van der Waals surface area contributed by atoms with Crippen molar-refractivity contribution in [3.05, 3.63) is 29.8 Å². The van der Waals surface area contributed by atoms with E-state index in [-0.39, 0.29) is 5.41 Å². The maximum absolute atomic E-state index is 12.3. The molecule has 0 heterocycles. The molecule has 1 saturated carbocycles. The quantitative estimate of drug-likeness (QED) is 0.812. The average molecular weight is 261 g/mol. The Kier molecular flexibility index (Phi) is 3.87. The van der Waals surface area contributed by atoms with E-state index >= 15 is 0 Å². The van der Waals surface area contributed by atoms with Gasteiger partial charge in [0.1, 0.15) is 0 Å². The number of hydrogen-bond donors (Lipinski definition) is 0. The van der Waals surface area contributed by atoms with Gasteiger partial charge in [-0.05, 0) is 41.9 Å². The zero-order valence-electron chi connectivity index (χ0n) is 11.0. The van der Waals surface area contributed by atoms with Crippen LogP contribution < -0.4 is 0 Å². The zero-order valence-corrected chi connectivity index (χ0v) is 11.8. The normalized spacial score (nSPS) is 18.3. The van der Waals surface area contributed by atoms with E-state index in [1.165, 1.54) is 5.56 Å². The third-order valence-electron chi connectivity index (χ3n) is 3.66. The first-order valence-electron chi connectivity index (χ1n) is 6.42. The van der Waals surface area contributed by atoms with Crippen LogP contribution >= 0.6 is 0 Å². The molecule has 1 atom stereocenters. The maximum atomic E-state index is 12.3. The highest BCUT2D eigenvalue weighted by molar-refractivity contribution is 7.85. The predicted molar refractivity (Wildman–Crippen MR) is 73.7 cm³/mol. The molecule has 0 radical (unpaired) electrons. The molecular weight excluding hydrogens is 242 g/mol. The van der Waals surface area contributed by atoms with Crippen molar-refractivity contribution in [2.24, 2.45) is 5.41 Å². The van der Waals surface area contributed by atoms with Gasteiger partial charge in [-0.15, -0.1) is 0 Å². The first-order valence-corrected chi connectivity index (χ1v) is 7.73. The van der Waals surface area contributed by atoms with Crippen molar-refractivity contribution >= 4 is 10.8 Å². The lowest BCUT2D eigenvalue weighted by Gasteiger charge is -2.11. The van der Waals surface area contributed by atoms with E-state index in [1.54, 1.807) is 0 Å². The fraction of sp³-hybridized carbons (Fsp3) is 0.533.